The molecule has 0 radical (unpaired) electrons. The Bertz CT molecular complexity index is 541. The number of methoxy groups -OCH3 is 1. The molecule has 3 rings (SSSR count). The number of piperidine rings is 1. The number of aromatic amines is 1. The van der Waals surface area contributed by atoms with Crippen LogP contribution in [0.5, 0.6) is 0 Å². The summed E-state index contributed by atoms with van der Waals surface area (Å²) in [6.45, 7) is 4.24. The van der Waals surface area contributed by atoms with E-state index in [2.05, 4.69) is 40.0 Å². The van der Waals surface area contributed by atoms with Crippen LogP contribution < -0.4 is 4.90 Å². The minimum Gasteiger partial charge on any atom is -0.378 e. The van der Waals surface area contributed by atoms with Crippen molar-refractivity contribution in [3.63, 3.8) is 0 Å². The highest BCUT2D eigenvalue weighted by Gasteiger charge is 2.30. The SMILES string of the molecule is COC1(C)CCN(c2cccc3[nH]cnc23)CC1. The van der Waals surface area contributed by atoms with Crippen LogP contribution in [0.4, 0.5) is 5.69 Å². The highest BCUT2D eigenvalue weighted by molar-refractivity contribution is 5.88. The van der Waals surface area contributed by atoms with Crippen molar-refractivity contribution in [2.45, 2.75) is 25.4 Å². The summed E-state index contributed by atoms with van der Waals surface area (Å²) in [6, 6.07) is 6.30. The molecule has 2 heterocycles. The van der Waals surface area contributed by atoms with Crippen molar-refractivity contribution in [3.05, 3.63) is 24.5 Å². The minimum absolute atomic E-state index is 0.0377. The van der Waals surface area contributed by atoms with Gasteiger partial charge in [0.25, 0.3) is 0 Å². The van der Waals surface area contributed by atoms with Crippen molar-refractivity contribution in [3.8, 4) is 0 Å². The zero-order chi connectivity index (χ0) is 12.6. The average Bonchev–Trinajstić information content (AvgIpc) is 2.88. The molecular weight excluding hydrogens is 226 g/mol. The summed E-state index contributed by atoms with van der Waals surface area (Å²) in [5.74, 6) is 0. The van der Waals surface area contributed by atoms with Gasteiger partial charge in [0, 0.05) is 20.2 Å². The van der Waals surface area contributed by atoms with Crippen LogP contribution in [0.3, 0.4) is 0 Å². The standard InChI is InChI=1S/C14H19N3O/c1-14(18-2)6-8-17(9-7-14)12-5-3-4-11-13(12)16-10-15-11/h3-5,10H,6-9H2,1-2H3,(H,15,16). The molecule has 1 fully saturated rings. The number of ether oxygens (including phenoxy) is 1. The summed E-state index contributed by atoms with van der Waals surface area (Å²) < 4.78 is 5.59. The van der Waals surface area contributed by atoms with E-state index in [0.717, 1.165) is 37.0 Å². The third-order valence-corrected chi connectivity index (χ3v) is 4.08. The van der Waals surface area contributed by atoms with Crippen molar-refractivity contribution in [1.82, 2.24) is 9.97 Å². The largest absolute Gasteiger partial charge is 0.378 e. The lowest BCUT2D eigenvalue weighted by Gasteiger charge is -2.39. The fraction of sp³-hybridized carbons (Fsp3) is 0.500. The van der Waals surface area contributed by atoms with Gasteiger partial charge in [-0.05, 0) is 31.9 Å². The van der Waals surface area contributed by atoms with Gasteiger partial charge in [-0.15, -0.1) is 0 Å². The van der Waals surface area contributed by atoms with Crippen LogP contribution in [0.15, 0.2) is 24.5 Å². The van der Waals surface area contributed by atoms with Crippen LogP contribution in [0, 0.1) is 0 Å². The molecule has 4 nitrogen and oxygen atoms in total. The molecule has 1 N–H and O–H groups in total. The normalized spacial score (nSPS) is 19.3. The van der Waals surface area contributed by atoms with Crippen LogP contribution in [0.25, 0.3) is 11.0 Å². The third kappa shape index (κ3) is 1.86. The number of aromatic nitrogens is 2. The lowest BCUT2D eigenvalue weighted by molar-refractivity contribution is -0.0132. The van der Waals surface area contributed by atoms with Crippen molar-refractivity contribution >= 4 is 16.7 Å². The summed E-state index contributed by atoms with van der Waals surface area (Å²) in [5, 5.41) is 0. The van der Waals surface area contributed by atoms with Gasteiger partial charge in [0.05, 0.1) is 23.1 Å². The number of rotatable bonds is 2. The predicted octanol–water partition coefficient (Wildman–Crippen LogP) is 2.57. The molecule has 18 heavy (non-hydrogen) atoms. The molecule has 0 spiro atoms. The number of anilines is 1. The highest BCUT2D eigenvalue weighted by atomic mass is 16.5. The first kappa shape index (κ1) is 11.5. The van der Waals surface area contributed by atoms with Crippen LogP contribution in [0.1, 0.15) is 19.8 Å². The van der Waals surface area contributed by atoms with Crippen LogP contribution in [0.2, 0.25) is 0 Å². The third-order valence-electron chi connectivity index (χ3n) is 4.08. The highest BCUT2D eigenvalue weighted by Crippen LogP contribution is 2.31. The Morgan fingerprint density at radius 3 is 2.83 bits per heavy atom. The van der Waals surface area contributed by atoms with E-state index in [0.29, 0.717) is 0 Å². The minimum atomic E-state index is 0.0377. The molecule has 0 saturated carbocycles. The molecule has 1 saturated heterocycles. The maximum atomic E-state index is 5.59. The lowest BCUT2D eigenvalue weighted by atomic mass is 9.93. The second-order valence-electron chi connectivity index (χ2n) is 5.22. The monoisotopic (exact) mass is 245 g/mol. The summed E-state index contributed by atoms with van der Waals surface area (Å²) in [7, 11) is 1.81. The summed E-state index contributed by atoms with van der Waals surface area (Å²) in [6.07, 6.45) is 3.88. The average molecular weight is 245 g/mol. The van der Waals surface area contributed by atoms with Crippen molar-refractivity contribution < 1.29 is 4.74 Å². The Morgan fingerprint density at radius 2 is 2.11 bits per heavy atom. The quantitative estimate of drug-likeness (QED) is 0.884. The number of fused-ring (bicyclic) bond motifs is 1. The van der Waals surface area contributed by atoms with Crippen molar-refractivity contribution in [2.75, 3.05) is 25.1 Å². The lowest BCUT2D eigenvalue weighted by Crippen LogP contribution is -2.43. The topological polar surface area (TPSA) is 41.1 Å². The number of benzene rings is 1. The first-order valence-corrected chi connectivity index (χ1v) is 6.44. The summed E-state index contributed by atoms with van der Waals surface area (Å²) in [4.78, 5) is 9.99. The Morgan fingerprint density at radius 1 is 1.33 bits per heavy atom. The smallest absolute Gasteiger partial charge is 0.112 e. The molecule has 1 aliphatic heterocycles. The zero-order valence-corrected chi connectivity index (χ0v) is 10.9. The number of nitrogens with one attached hydrogen (secondary N) is 1. The Balaban J connectivity index is 1.86. The first-order valence-electron chi connectivity index (χ1n) is 6.44. The van der Waals surface area contributed by atoms with Gasteiger partial charge in [-0.3, -0.25) is 0 Å². The maximum Gasteiger partial charge on any atom is 0.112 e. The molecule has 1 aliphatic rings. The fourth-order valence-electron chi connectivity index (χ4n) is 2.63. The van der Waals surface area contributed by atoms with Crippen molar-refractivity contribution in [2.24, 2.45) is 0 Å². The van der Waals surface area contributed by atoms with E-state index in [1.807, 2.05) is 7.11 Å². The van der Waals surface area contributed by atoms with E-state index in [1.54, 1.807) is 6.33 Å². The second-order valence-corrected chi connectivity index (χ2v) is 5.22. The van der Waals surface area contributed by atoms with Crippen LogP contribution >= 0.6 is 0 Å². The predicted molar refractivity (Wildman–Crippen MR) is 73.0 cm³/mol. The van der Waals surface area contributed by atoms with Gasteiger partial charge in [0.2, 0.25) is 0 Å². The number of hydrogen-bond donors (Lipinski definition) is 1. The first-order chi connectivity index (χ1) is 8.72. The maximum absolute atomic E-state index is 5.59. The zero-order valence-electron chi connectivity index (χ0n) is 10.9. The Hall–Kier alpha value is -1.55. The van der Waals surface area contributed by atoms with Gasteiger partial charge in [0.1, 0.15) is 5.52 Å². The molecule has 0 atom stereocenters. The van der Waals surface area contributed by atoms with Gasteiger partial charge in [-0.1, -0.05) is 6.07 Å². The molecule has 2 aromatic rings. The molecule has 4 heteroatoms. The Kier molecular flexibility index (Phi) is 2.74. The second kappa shape index (κ2) is 4.28. The van der Waals surface area contributed by atoms with E-state index >= 15 is 0 Å². The number of hydrogen-bond acceptors (Lipinski definition) is 3. The molecule has 0 bridgehead atoms. The van der Waals surface area contributed by atoms with Gasteiger partial charge in [-0.2, -0.15) is 0 Å². The van der Waals surface area contributed by atoms with Crippen LogP contribution in [-0.2, 0) is 4.74 Å². The number of imidazole rings is 1. The molecule has 0 unspecified atom stereocenters. The van der Waals surface area contributed by atoms with Gasteiger partial charge in [0.15, 0.2) is 0 Å². The molecule has 0 aliphatic carbocycles. The van der Waals surface area contributed by atoms with Crippen LogP contribution in [-0.4, -0.2) is 35.8 Å². The fourth-order valence-corrected chi connectivity index (χ4v) is 2.63. The molecule has 0 amide bonds. The molecule has 1 aromatic carbocycles. The van der Waals surface area contributed by atoms with Crippen molar-refractivity contribution in [1.29, 1.82) is 0 Å². The Labute approximate surface area is 107 Å². The number of H-pyrrole nitrogens is 1. The molecule has 96 valence electrons. The number of para-hydroxylation sites is 1. The molecular formula is C14H19N3O. The molecule has 1 aromatic heterocycles. The van der Waals surface area contributed by atoms with E-state index in [-0.39, 0.29) is 5.60 Å². The van der Waals surface area contributed by atoms with E-state index in [4.69, 9.17) is 4.74 Å². The van der Waals surface area contributed by atoms with E-state index < -0.39 is 0 Å². The van der Waals surface area contributed by atoms with E-state index in [9.17, 15) is 0 Å². The van der Waals surface area contributed by atoms with Gasteiger partial charge >= 0.3 is 0 Å². The van der Waals surface area contributed by atoms with E-state index in [1.165, 1.54) is 5.69 Å². The summed E-state index contributed by atoms with van der Waals surface area (Å²) in [5.41, 5.74) is 3.44. The van der Waals surface area contributed by atoms with Gasteiger partial charge in [-0.25, -0.2) is 4.98 Å². The number of nitrogens with zero attached hydrogens (tertiary/aromatic N) is 2. The summed E-state index contributed by atoms with van der Waals surface area (Å²) >= 11 is 0. The van der Waals surface area contributed by atoms with Gasteiger partial charge < -0.3 is 14.6 Å².